The maximum Gasteiger partial charge on any atom is 0.328 e. The summed E-state index contributed by atoms with van der Waals surface area (Å²) in [6.45, 7) is 5.60. The highest BCUT2D eigenvalue weighted by atomic mass is 16.6. The highest BCUT2D eigenvalue weighted by Gasteiger charge is 2.45. The van der Waals surface area contributed by atoms with Crippen LogP contribution in [0.5, 0.6) is 0 Å². The van der Waals surface area contributed by atoms with Crippen LogP contribution in [0.25, 0.3) is 0 Å². The quantitative estimate of drug-likeness (QED) is 0.697. The smallest absolute Gasteiger partial charge is 0.328 e. The molecule has 0 aromatic rings. The van der Waals surface area contributed by atoms with Crippen LogP contribution < -0.4 is 11.1 Å². The highest BCUT2D eigenvalue weighted by molar-refractivity contribution is 5.82. The van der Waals surface area contributed by atoms with Crippen LogP contribution in [0.4, 0.5) is 0 Å². The van der Waals surface area contributed by atoms with Crippen molar-refractivity contribution in [2.75, 3.05) is 7.05 Å². The van der Waals surface area contributed by atoms with Gasteiger partial charge in [0.1, 0.15) is 11.1 Å². The Bertz CT molecular complexity index is 260. The fraction of sp³-hybridized carbons (Fsp3) is 0.917. The zero-order valence-corrected chi connectivity index (χ0v) is 10.8. The molecule has 3 N–H and O–H groups in total. The SMILES string of the molecule is CNC1CCCCC1(N)C(=O)OC(C)(C)C. The molecule has 4 nitrogen and oxygen atoms in total. The lowest BCUT2D eigenvalue weighted by molar-refractivity contribution is -0.164. The zero-order chi connectivity index (χ0) is 12.4. The summed E-state index contributed by atoms with van der Waals surface area (Å²) in [6, 6.07) is 0.0242. The molecule has 1 rings (SSSR count). The summed E-state index contributed by atoms with van der Waals surface area (Å²) in [7, 11) is 1.85. The molecular formula is C12H24N2O2. The van der Waals surface area contributed by atoms with E-state index in [4.69, 9.17) is 10.5 Å². The Hall–Kier alpha value is -0.610. The maximum absolute atomic E-state index is 12.1. The molecule has 1 aliphatic rings. The number of likely N-dealkylation sites (N-methyl/N-ethyl adjacent to an activating group) is 1. The number of rotatable bonds is 2. The minimum Gasteiger partial charge on any atom is -0.459 e. The minimum absolute atomic E-state index is 0.0242. The predicted molar refractivity (Wildman–Crippen MR) is 64.1 cm³/mol. The molecule has 1 aliphatic carbocycles. The van der Waals surface area contributed by atoms with Crippen LogP contribution in [-0.4, -0.2) is 30.2 Å². The summed E-state index contributed by atoms with van der Waals surface area (Å²) in [4.78, 5) is 12.1. The van der Waals surface area contributed by atoms with E-state index in [0.717, 1.165) is 19.3 Å². The topological polar surface area (TPSA) is 64.3 Å². The monoisotopic (exact) mass is 228 g/mol. The van der Waals surface area contributed by atoms with Crippen LogP contribution in [0.15, 0.2) is 0 Å². The Morgan fingerprint density at radius 3 is 2.56 bits per heavy atom. The van der Waals surface area contributed by atoms with E-state index in [1.807, 2.05) is 27.8 Å². The molecule has 0 amide bonds. The van der Waals surface area contributed by atoms with Crippen molar-refractivity contribution < 1.29 is 9.53 Å². The molecule has 1 fully saturated rings. The van der Waals surface area contributed by atoms with Crippen molar-refractivity contribution in [3.05, 3.63) is 0 Å². The van der Waals surface area contributed by atoms with Gasteiger partial charge in [0.05, 0.1) is 0 Å². The van der Waals surface area contributed by atoms with Crippen molar-refractivity contribution in [1.82, 2.24) is 5.32 Å². The van der Waals surface area contributed by atoms with Crippen LogP contribution >= 0.6 is 0 Å². The lowest BCUT2D eigenvalue weighted by Gasteiger charge is -2.40. The fourth-order valence-electron chi connectivity index (χ4n) is 2.22. The van der Waals surface area contributed by atoms with Crippen LogP contribution in [0, 0.1) is 0 Å². The molecule has 0 bridgehead atoms. The largest absolute Gasteiger partial charge is 0.459 e. The number of carbonyl (C=O) groups excluding carboxylic acids is 1. The first-order valence-corrected chi connectivity index (χ1v) is 5.99. The van der Waals surface area contributed by atoms with Gasteiger partial charge in [-0.3, -0.25) is 0 Å². The number of carbonyl (C=O) groups is 1. The summed E-state index contributed by atoms with van der Waals surface area (Å²) in [5.74, 6) is -0.279. The number of nitrogens with one attached hydrogen (secondary N) is 1. The van der Waals surface area contributed by atoms with E-state index < -0.39 is 11.1 Å². The Morgan fingerprint density at radius 2 is 2.06 bits per heavy atom. The molecule has 0 aliphatic heterocycles. The highest BCUT2D eigenvalue weighted by Crippen LogP contribution is 2.28. The lowest BCUT2D eigenvalue weighted by Crippen LogP contribution is -2.64. The van der Waals surface area contributed by atoms with Gasteiger partial charge < -0.3 is 15.8 Å². The molecule has 0 aromatic heterocycles. The van der Waals surface area contributed by atoms with E-state index in [1.54, 1.807) is 0 Å². The third-order valence-electron chi connectivity index (χ3n) is 3.08. The second-order valence-electron chi connectivity index (χ2n) is 5.63. The van der Waals surface area contributed by atoms with E-state index in [9.17, 15) is 4.79 Å². The van der Waals surface area contributed by atoms with Crippen LogP contribution in [0.1, 0.15) is 46.5 Å². The molecule has 94 valence electrons. The molecule has 2 unspecified atom stereocenters. The van der Waals surface area contributed by atoms with E-state index >= 15 is 0 Å². The predicted octanol–water partition coefficient (Wildman–Crippen LogP) is 1.19. The van der Waals surface area contributed by atoms with Crippen LogP contribution in [-0.2, 0) is 9.53 Å². The van der Waals surface area contributed by atoms with Gasteiger partial charge in [-0.1, -0.05) is 12.8 Å². The molecule has 1 saturated carbocycles. The van der Waals surface area contributed by atoms with Crippen molar-refractivity contribution in [2.45, 2.75) is 63.6 Å². The number of hydrogen-bond donors (Lipinski definition) is 2. The molecule has 2 atom stereocenters. The average molecular weight is 228 g/mol. The maximum atomic E-state index is 12.1. The van der Waals surface area contributed by atoms with E-state index in [0.29, 0.717) is 6.42 Å². The van der Waals surface area contributed by atoms with Gasteiger partial charge in [0, 0.05) is 6.04 Å². The Balaban J connectivity index is 2.77. The first kappa shape index (κ1) is 13.5. The molecule has 0 saturated heterocycles. The number of hydrogen-bond acceptors (Lipinski definition) is 4. The van der Waals surface area contributed by atoms with Gasteiger partial charge >= 0.3 is 5.97 Å². The molecule has 0 heterocycles. The van der Waals surface area contributed by atoms with Crippen molar-refractivity contribution in [3.63, 3.8) is 0 Å². The van der Waals surface area contributed by atoms with Gasteiger partial charge in [0.2, 0.25) is 0 Å². The van der Waals surface area contributed by atoms with Gasteiger partial charge in [-0.2, -0.15) is 0 Å². The van der Waals surface area contributed by atoms with Crippen molar-refractivity contribution in [3.8, 4) is 0 Å². The standard InChI is InChI=1S/C12H24N2O2/c1-11(2,3)16-10(15)12(13)8-6-5-7-9(12)14-4/h9,14H,5-8,13H2,1-4H3. The molecular weight excluding hydrogens is 204 g/mol. The first-order chi connectivity index (χ1) is 7.29. The lowest BCUT2D eigenvalue weighted by atomic mass is 9.78. The summed E-state index contributed by atoms with van der Waals surface area (Å²) < 4.78 is 5.41. The Labute approximate surface area is 97.9 Å². The van der Waals surface area contributed by atoms with E-state index in [2.05, 4.69) is 5.32 Å². The summed E-state index contributed by atoms with van der Waals surface area (Å²) in [6.07, 6.45) is 3.75. The van der Waals surface area contributed by atoms with Crippen molar-refractivity contribution >= 4 is 5.97 Å². The number of ether oxygens (including phenoxy) is 1. The zero-order valence-electron chi connectivity index (χ0n) is 10.8. The second-order valence-corrected chi connectivity index (χ2v) is 5.63. The first-order valence-electron chi connectivity index (χ1n) is 5.99. The normalized spacial score (nSPS) is 31.2. The summed E-state index contributed by atoms with van der Waals surface area (Å²) in [5, 5.41) is 3.14. The van der Waals surface area contributed by atoms with Gasteiger partial charge in [-0.25, -0.2) is 4.79 Å². The van der Waals surface area contributed by atoms with Crippen molar-refractivity contribution in [1.29, 1.82) is 0 Å². The Kier molecular flexibility index (Phi) is 3.97. The third kappa shape index (κ3) is 2.95. The second kappa shape index (κ2) is 4.72. The van der Waals surface area contributed by atoms with Gasteiger partial charge in [0.15, 0.2) is 0 Å². The number of nitrogens with two attached hydrogens (primary N) is 1. The average Bonchev–Trinajstić information content (AvgIpc) is 2.16. The Morgan fingerprint density at radius 1 is 1.44 bits per heavy atom. The molecule has 16 heavy (non-hydrogen) atoms. The summed E-state index contributed by atoms with van der Waals surface area (Å²) >= 11 is 0. The van der Waals surface area contributed by atoms with E-state index in [1.165, 1.54) is 0 Å². The van der Waals surface area contributed by atoms with Gasteiger partial charge in [-0.15, -0.1) is 0 Å². The molecule has 0 radical (unpaired) electrons. The van der Waals surface area contributed by atoms with Crippen LogP contribution in [0.3, 0.4) is 0 Å². The van der Waals surface area contributed by atoms with Gasteiger partial charge in [-0.05, 0) is 40.7 Å². The van der Waals surface area contributed by atoms with E-state index in [-0.39, 0.29) is 12.0 Å². The van der Waals surface area contributed by atoms with Gasteiger partial charge in [0.25, 0.3) is 0 Å². The molecule has 0 spiro atoms. The molecule has 4 heteroatoms. The summed E-state index contributed by atoms with van der Waals surface area (Å²) in [5.41, 5.74) is 4.89. The molecule has 0 aromatic carbocycles. The van der Waals surface area contributed by atoms with Crippen molar-refractivity contribution in [2.24, 2.45) is 5.73 Å². The fourth-order valence-corrected chi connectivity index (χ4v) is 2.22. The number of esters is 1. The minimum atomic E-state index is -0.861. The third-order valence-corrected chi connectivity index (χ3v) is 3.08. The van der Waals surface area contributed by atoms with Crippen LogP contribution in [0.2, 0.25) is 0 Å².